The number of nitro benzene ring substituents is 2. The minimum Gasteiger partial charge on any atom is -0.477 e. The molecule has 0 spiro atoms. The zero-order valence-electron chi connectivity index (χ0n) is 13.8. The first-order chi connectivity index (χ1) is 12.2. The molecule has 26 heavy (non-hydrogen) atoms. The summed E-state index contributed by atoms with van der Waals surface area (Å²) < 4.78 is 18.2. The van der Waals surface area contributed by atoms with Gasteiger partial charge in [0.05, 0.1) is 9.85 Å². The van der Waals surface area contributed by atoms with E-state index in [1.54, 1.807) is 13.8 Å². The van der Waals surface area contributed by atoms with Crippen molar-refractivity contribution in [1.82, 2.24) is 0 Å². The molecule has 2 aromatic rings. The molecular weight excluding hydrogens is 349 g/mol. The predicted molar refractivity (Wildman–Crippen MR) is 89.7 cm³/mol. The highest BCUT2D eigenvalue weighted by Gasteiger charge is 2.20. The molecule has 0 heterocycles. The van der Waals surface area contributed by atoms with E-state index in [1.807, 2.05) is 0 Å². The average molecular weight is 363 g/mol. The van der Waals surface area contributed by atoms with E-state index in [9.17, 15) is 29.4 Å². The summed E-state index contributed by atoms with van der Waals surface area (Å²) in [5.41, 5.74) is 0.587. The molecule has 0 fully saturated rings. The number of aryl methyl sites for hydroxylation is 2. The fraction of sp³-hybridized carbons (Fsp3) is 0.188. The topological polar surface area (TPSA) is 125 Å². The molecule has 136 valence electrons. The maximum absolute atomic E-state index is 13.2. The Kier molecular flexibility index (Phi) is 5.45. The van der Waals surface area contributed by atoms with Gasteiger partial charge in [0.1, 0.15) is 11.5 Å². The van der Waals surface area contributed by atoms with E-state index in [0.717, 1.165) is 23.8 Å². The molecule has 0 saturated heterocycles. The fourth-order valence-corrected chi connectivity index (χ4v) is 2.14. The maximum Gasteiger partial charge on any atom is 0.311 e. The molecule has 0 aliphatic heterocycles. The summed E-state index contributed by atoms with van der Waals surface area (Å²) in [6.45, 7) is 2.73. The van der Waals surface area contributed by atoms with Gasteiger partial charge in [0.2, 0.25) is 5.75 Å². The van der Waals surface area contributed by atoms with E-state index in [1.165, 1.54) is 12.1 Å². The van der Waals surface area contributed by atoms with Gasteiger partial charge in [0.15, 0.2) is 6.61 Å². The lowest BCUT2D eigenvalue weighted by atomic mass is 10.1. The molecule has 1 N–H and O–H groups in total. The third kappa shape index (κ3) is 4.29. The zero-order valence-corrected chi connectivity index (χ0v) is 13.8. The van der Waals surface area contributed by atoms with Crippen molar-refractivity contribution in [3.63, 3.8) is 0 Å². The van der Waals surface area contributed by atoms with Gasteiger partial charge in [-0.1, -0.05) is 0 Å². The number of ether oxygens (including phenoxy) is 1. The first-order valence-electron chi connectivity index (χ1n) is 7.31. The highest BCUT2D eigenvalue weighted by molar-refractivity contribution is 5.94. The number of carbonyl (C=O) groups is 1. The molecule has 2 rings (SSSR count). The first kappa shape index (κ1) is 18.8. The number of halogens is 1. The average Bonchev–Trinajstić information content (AvgIpc) is 2.55. The molecular formula is C16H14FN3O6. The SMILES string of the molecule is Cc1cc(NC(=O)COc2cc(F)ccc2[N+](=O)[O-])c([N+](=O)[O-])cc1C. The molecule has 0 saturated carbocycles. The van der Waals surface area contributed by atoms with Crippen LogP contribution in [0, 0.1) is 39.9 Å². The van der Waals surface area contributed by atoms with E-state index in [4.69, 9.17) is 4.74 Å². The number of amides is 1. The van der Waals surface area contributed by atoms with E-state index in [-0.39, 0.29) is 11.4 Å². The van der Waals surface area contributed by atoms with Crippen molar-refractivity contribution >= 4 is 23.0 Å². The van der Waals surface area contributed by atoms with Crippen LogP contribution in [-0.4, -0.2) is 22.4 Å². The number of hydrogen-bond donors (Lipinski definition) is 1. The summed E-state index contributed by atoms with van der Waals surface area (Å²) in [7, 11) is 0. The second kappa shape index (κ2) is 7.55. The molecule has 0 aromatic heterocycles. The van der Waals surface area contributed by atoms with Gasteiger partial charge < -0.3 is 10.1 Å². The van der Waals surface area contributed by atoms with Crippen molar-refractivity contribution < 1.29 is 23.8 Å². The Hall–Kier alpha value is -3.56. The minimum absolute atomic E-state index is 0.0274. The van der Waals surface area contributed by atoms with Crippen LogP contribution in [0.15, 0.2) is 30.3 Å². The Labute approximate surface area is 146 Å². The van der Waals surface area contributed by atoms with Crippen molar-refractivity contribution in [2.24, 2.45) is 0 Å². The molecule has 1 amide bonds. The number of rotatable bonds is 6. The first-order valence-corrected chi connectivity index (χ1v) is 7.31. The standard InChI is InChI=1S/C16H14FN3O6/c1-9-5-12(14(20(24)25)6-10(9)2)18-16(21)8-26-15-7-11(17)3-4-13(15)19(22)23/h3-7H,8H2,1-2H3,(H,18,21). The third-order valence-electron chi connectivity index (χ3n) is 3.56. The second-order valence-corrected chi connectivity index (χ2v) is 5.42. The lowest BCUT2D eigenvalue weighted by Gasteiger charge is -2.10. The summed E-state index contributed by atoms with van der Waals surface area (Å²) in [5, 5.41) is 24.3. The molecule has 0 atom stereocenters. The third-order valence-corrected chi connectivity index (χ3v) is 3.56. The van der Waals surface area contributed by atoms with Crippen LogP contribution in [-0.2, 0) is 4.79 Å². The van der Waals surface area contributed by atoms with Crippen LogP contribution >= 0.6 is 0 Å². The molecule has 9 nitrogen and oxygen atoms in total. The van der Waals surface area contributed by atoms with E-state index in [0.29, 0.717) is 5.56 Å². The van der Waals surface area contributed by atoms with Crippen molar-refractivity contribution in [2.45, 2.75) is 13.8 Å². The van der Waals surface area contributed by atoms with Crippen LogP contribution in [0.1, 0.15) is 11.1 Å². The summed E-state index contributed by atoms with van der Waals surface area (Å²) >= 11 is 0. The Morgan fingerprint density at radius 1 is 1.08 bits per heavy atom. The number of nitro groups is 2. The van der Waals surface area contributed by atoms with Gasteiger partial charge >= 0.3 is 5.69 Å². The van der Waals surface area contributed by atoms with Crippen LogP contribution in [0.25, 0.3) is 0 Å². The Balaban J connectivity index is 2.16. The van der Waals surface area contributed by atoms with Crippen LogP contribution in [0.2, 0.25) is 0 Å². The van der Waals surface area contributed by atoms with Gasteiger partial charge in [-0.3, -0.25) is 25.0 Å². The van der Waals surface area contributed by atoms with Gasteiger partial charge in [-0.15, -0.1) is 0 Å². The zero-order chi connectivity index (χ0) is 19.4. The van der Waals surface area contributed by atoms with Crippen LogP contribution < -0.4 is 10.1 Å². The number of nitrogens with zero attached hydrogens (tertiary/aromatic N) is 2. The quantitative estimate of drug-likeness (QED) is 0.620. The van der Waals surface area contributed by atoms with Crippen molar-refractivity contribution in [3.8, 4) is 5.75 Å². The van der Waals surface area contributed by atoms with E-state index in [2.05, 4.69) is 5.32 Å². The van der Waals surface area contributed by atoms with Gasteiger partial charge in [-0.25, -0.2) is 4.39 Å². The van der Waals surface area contributed by atoms with E-state index >= 15 is 0 Å². The van der Waals surface area contributed by atoms with Crippen LogP contribution in [0.3, 0.4) is 0 Å². The van der Waals surface area contributed by atoms with Gasteiger partial charge in [-0.05, 0) is 37.1 Å². The van der Waals surface area contributed by atoms with Crippen molar-refractivity contribution in [3.05, 3.63) is 67.5 Å². The fourth-order valence-electron chi connectivity index (χ4n) is 2.14. The minimum atomic E-state index is -0.782. The molecule has 0 aliphatic rings. The highest BCUT2D eigenvalue weighted by Crippen LogP contribution is 2.29. The van der Waals surface area contributed by atoms with Crippen LogP contribution in [0.5, 0.6) is 5.75 Å². The number of hydrogen-bond acceptors (Lipinski definition) is 6. The second-order valence-electron chi connectivity index (χ2n) is 5.42. The molecule has 2 aromatic carbocycles. The van der Waals surface area contributed by atoms with Crippen molar-refractivity contribution in [1.29, 1.82) is 0 Å². The summed E-state index contributed by atoms with van der Waals surface area (Å²) in [4.78, 5) is 32.6. The number of carbonyl (C=O) groups excluding carboxylic acids is 1. The molecule has 0 radical (unpaired) electrons. The summed E-state index contributed by atoms with van der Waals surface area (Å²) in [5.74, 6) is -1.97. The smallest absolute Gasteiger partial charge is 0.311 e. The lowest BCUT2D eigenvalue weighted by Crippen LogP contribution is -2.21. The van der Waals surface area contributed by atoms with Crippen LogP contribution in [0.4, 0.5) is 21.5 Å². The highest BCUT2D eigenvalue weighted by atomic mass is 19.1. The number of anilines is 1. The summed E-state index contributed by atoms with van der Waals surface area (Å²) in [6.07, 6.45) is 0. The van der Waals surface area contributed by atoms with Gasteiger partial charge in [0, 0.05) is 18.2 Å². The van der Waals surface area contributed by atoms with Gasteiger partial charge in [0.25, 0.3) is 11.6 Å². The molecule has 10 heteroatoms. The monoisotopic (exact) mass is 363 g/mol. The molecule has 0 unspecified atom stereocenters. The lowest BCUT2D eigenvalue weighted by molar-refractivity contribution is -0.385. The van der Waals surface area contributed by atoms with E-state index < -0.39 is 39.6 Å². The Bertz CT molecular complexity index is 900. The normalized spacial score (nSPS) is 10.3. The number of benzene rings is 2. The van der Waals surface area contributed by atoms with Crippen molar-refractivity contribution in [2.75, 3.05) is 11.9 Å². The molecule has 0 aliphatic carbocycles. The molecule has 0 bridgehead atoms. The van der Waals surface area contributed by atoms with Gasteiger partial charge in [-0.2, -0.15) is 0 Å². The predicted octanol–water partition coefficient (Wildman–Crippen LogP) is 3.28. The number of nitrogens with one attached hydrogen (secondary N) is 1. The Morgan fingerprint density at radius 2 is 1.69 bits per heavy atom. The maximum atomic E-state index is 13.2. The summed E-state index contributed by atoms with van der Waals surface area (Å²) in [6, 6.07) is 5.35. The Morgan fingerprint density at radius 3 is 2.31 bits per heavy atom. The largest absolute Gasteiger partial charge is 0.477 e.